The third kappa shape index (κ3) is 5.20. The molecule has 1 amide bonds. The number of carbonyl (C=O) groups is 1. The van der Waals surface area contributed by atoms with Crippen LogP contribution in [0.4, 0.5) is 0 Å². The van der Waals surface area contributed by atoms with Gasteiger partial charge in [-0.1, -0.05) is 27.4 Å². The minimum absolute atomic E-state index is 0.0487. The number of aliphatic hydroxyl groups excluding tert-OH is 1. The molecule has 4 heteroatoms. The summed E-state index contributed by atoms with van der Waals surface area (Å²) in [6.07, 6.45) is 18.0. The highest BCUT2D eigenvalue weighted by molar-refractivity contribution is 5.75. The van der Waals surface area contributed by atoms with Crippen LogP contribution in [0.15, 0.2) is 12.7 Å². The summed E-state index contributed by atoms with van der Waals surface area (Å²) in [5.74, 6) is 5.06. The Morgan fingerprint density at radius 2 is 1.78 bits per heavy atom. The number of hydrogen-bond acceptors (Lipinski definition) is 2. The molecular formula is C33H57N2O2+. The number of hydrogen-bond donors (Lipinski definition) is 2. The van der Waals surface area contributed by atoms with Crippen LogP contribution in [0.3, 0.4) is 0 Å². The van der Waals surface area contributed by atoms with E-state index in [2.05, 4.69) is 38.7 Å². The first-order chi connectivity index (χ1) is 17.7. The Labute approximate surface area is 227 Å². The first-order valence-corrected chi connectivity index (χ1v) is 16.1. The molecule has 5 unspecified atom stereocenters. The number of amides is 1. The molecule has 4 aliphatic carbocycles. The quantitative estimate of drug-likeness (QED) is 0.279. The van der Waals surface area contributed by atoms with Gasteiger partial charge in [-0.25, -0.2) is 0 Å². The Hall–Kier alpha value is -0.870. The van der Waals surface area contributed by atoms with Crippen LogP contribution in [0.2, 0.25) is 0 Å². The van der Waals surface area contributed by atoms with Crippen LogP contribution in [0.1, 0.15) is 104 Å². The molecule has 4 saturated carbocycles. The first-order valence-electron chi connectivity index (χ1n) is 16.1. The fourth-order valence-corrected chi connectivity index (χ4v) is 11.1. The molecule has 1 aliphatic heterocycles. The normalized spacial score (nSPS) is 43.4. The smallest absolute Gasteiger partial charge is 0.220 e. The fourth-order valence-electron chi connectivity index (χ4n) is 11.1. The van der Waals surface area contributed by atoms with E-state index < -0.39 is 0 Å². The van der Waals surface area contributed by atoms with Crippen molar-refractivity contribution in [1.29, 1.82) is 0 Å². The van der Waals surface area contributed by atoms with Crippen LogP contribution in [0, 0.1) is 46.3 Å². The molecule has 5 fully saturated rings. The summed E-state index contributed by atoms with van der Waals surface area (Å²) in [7, 11) is 0. The zero-order valence-corrected chi connectivity index (χ0v) is 24.4. The van der Waals surface area contributed by atoms with Crippen LogP contribution in [0.5, 0.6) is 0 Å². The highest BCUT2D eigenvalue weighted by Gasteiger charge is 2.60. The lowest BCUT2D eigenvalue weighted by molar-refractivity contribution is -0.910. The largest absolute Gasteiger partial charge is 0.393 e. The maximum atomic E-state index is 12.8. The number of fused-ring (bicyclic) bond motifs is 5. The van der Waals surface area contributed by atoms with Gasteiger partial charge in [0.15, 0.2) is 0 Å². The van der Waals surface area contributed by atoms with E-state index >= 15 is 0 Å². The predicted octanol–water partition coefficient (Wildman–Crippen LogP) is 6.34. The van der Waals surface area contributed by atoms with Crippen LogP contribution in [-0.2, 0) is 4.79 Å². The zero-order valence-electron chi connectivity index (χ0n) is 24.4. The number of carbonyl (C=O) groups excluding carboxylic acids is 1. The molecule has 1 saturated heterocycles. The predicted molar refractivity (Wildman–Crippen MR) is 152 cm³/mol. The van der Waals surface area contributed by atoms with Crippen molar-refractivity contribution in [3.63, 3.8) is 0 Å². The number of likely N-dealkylation sites (tertiary alicyclic amines) is 1. The molecule has 0 spiro atoms. The van der Waals surface area contributed by atoms with Crippen molar-refractivity contribution in [2.75, 3.05) is 32.7 Å². The topological polar surface area (TPSA) is 49.3 Å². The third-order valence-electron chi connectivity index (χ3n) is 13.2. The van der Waals surface area contributed by atoms with Gasteiger partial charge in [0.2, 0.25) is 5.91 Å². The maximum absolute atomic E-state index is 12.8. The molecule has 0 radical (unpaired) electrons. The van der Waals surface area contributed by atoms with E-state index in [1.54, 1.807) is 0 Å². The molecule has 0 aromatic carbocycles. The molecule has 2 N–H and O–H groups in total. The molecule has 0 aromatic rings. The minimum Gasteiger partial charge on any atom is -0.393 e. The SMILES string of the molecule is C=CC[N+]1(CCNC(=O)CCC(C)[C@H]2CCC3C4CCC5C[C@H](O)CC[C@]5(C)C4CC[C@@]32C)CCCC1. The Kier molecular flexibility index (Phi) is 8.19. The van der Waals surface area contributed by atoms with Crippen molar-refractivity contribution >= 4 is 5.91 Å². The summed E-state index contributed by atoms with van der Waals surface area (Å²) in [6.45, 7) is 17.0. The number of nitrogens with zero attached hydrogens (tertiary/aromatic N) is 1. The molecule has 9 atom stereocenters. The summed E-state index contributed by atoms with van der Waals surface area (Å²) in [4.78, 5) is 12.8. The van der Waals surface area contributed by atoms with Gasteiger partial charge in [0, 0.05) is 19.3 Å². The van der Waals surface area contributed by atoms with E-state index in [0.29, 0.717) is 23.2 Å². The average Bonchev–Trinajstić information content (AvgIpc) is 3.47. The summed E-state index contributed by atoms with van der Waals surface area (Å²) in [5.41, 5.74) is 0.929. The lowest BCUT2D eigenvalue weighted by Crippen LogP contribution is -2.54. The monoisotopic (exact) mass is 513 g/mol. The fraction of sp³-hybridized carbons (Fsp3) is 0.909. The first kappa shape index (κ1) is 27.7. The Morgan fingerprint density at radius 1 is 1.05 bits per heavy atom. The van der Waals surface area contributed by atoms with E-state index in [1.807, 2.05) is 0 Å². The highest BCUT2D eigenvalue weighted by Crippen LogP contribution is 2.68. The lowest BCUT2D eigenvalue weighted by atomic mass is 9.44. The molecule has 0 aromatic heterocycles. The van der Waals surface area contributed by atoms with Crippen LogP contribution >= 0.6 is 0 Å². The number of aliphatic hydroxyl groups is 1. The van der Waals surface area contributed by atoms with E-state index in [4.69, 9.17) is 0 Å². The lowest BCUT2D eigenvalue weighted by Gasteiger charge is -2.61. The van der Waals surface area contributed by atoms with Crippen molar-refractivity contribution in [2.24, 2.45) is 46.3 Å². The van der Waals surface area contributed by atoms with Crippen molar-refractivity contribution in [1.82, 2.24) is 5.32 Å². The van der Waals surface area contributed by atoms with Gasteiger partial charge in [0.05, 0.1) is 38.8 Å². The summed E-state index contributed by atoms with van der Waals surface area (Å²) < 4.78 is 1.12. The molecular weight excluding hydrogens is 456 g/mol. The van der Waals surface area contributed by atoms with E-state index in [-0.39, 0.29) is 12.0 Å². The van der Waals surface area contributed by atoms with Gasteiger partial charge in [-0.05, 0) is 117 Å². The second kappa shape index (κ2) is 11.0. The second-order valence-electron chi connectivity index (χ2n) is 14.9. The third-order valence-corrected chi connectivity index (χ3v) is 13.2. The Bertz CT molecular complexity index is 821. The van der Waals surface area contributed by atoms with Gasteiger partial charge in [0.25, 0.3) is 0 Å². The molecule has 0 bridgehead atoms. The van der Waals surface area contributed by atoms with Gasteiger partial charge in [-0.2, -0.15) is 0 Å². The van der Waals surface area contributed by atoms with Crippen LogP contribution in [0.25, 0.3) is 0 Å². The van der Waals surface area contributed by atoms with Crippen LogP contribution in [-0.4, -0.2) is 54.3 Å². The molecule has 1 heterocycles. The van der Waals surface area contributed by atoms with Crippen molar-refractivity contribution in [3.8, 4) is 0 Å². The standard InChI is InChI=1S/C33H56N2O2/c1-5-19-35(20-6-7-21-35)22-18-34-31(37)13-8-24(2)28-11-12-29-27-10-9-25-23-26(36)14-16-32(25,3)30(27)15-17-33(28,29)4/h5,24-30,36H,1,6-23H2,2-4H3/p+1/t24?,25?,26-,27?,28-,29?,30?,32+,33-/m1/s1. The number of nitrogens with one attached hydrogen (secondary N) is 1. The Morgan fingerprint density at radius 3 is 2.54 bits per heavy atom. The van der Waals surface area contributed by atoms with Crippen molar-refractivity contribution in [3.05, 3.63) is 12.7 Å². The molecule has 210 valence electrons. The Balaban J connectivity index is 1.13. The van der Waals surface area contributed by atoms with Crippen molar-refractivity contribution < 1.29 is 14.4 Å². The van der Waals surface area contributed by atoms with Gasteiger partial charge in [0.1, 0.15) is 0 Å². The summed E-state index contributed by atoms with van der Waals surface area (Å²) >= 11 is 0. The molecule has 5 aliphatic rings. The molecule has 5 rings (SSSR count). The maximum Gasteiger partial charge on any atom is 0.220 e. The van der Waals surface area contributed by atoms with Gasteiger partial charge in [-0.3, -0.25) is 4.79 Å². The van der Waals surface area contributed by atoms with Gasteiger partial charge in [-0.15, -0.1) is 0 Å². The van der Waals surface area contributed by atoms with E-state index in [1.165, 1.54) is 70.9 Å². The average molecular weight is 514 g/mol. The number of quaternary nitrogens is 1. The van der Waals surface area contributed by atoms with Gasteiger partial charge < -0.3 is 14.9 Å². The zero-order chi connectivity index (χ0) is 26.3. The van der Waals surface area contributed by atoms with Gasteiger partial charge >= 0.3 is 0 Å². The second-order valence-corrected chi connectivity index (χ2v) is 14.9. The summed E-state index contributed by atoms with van der Waals surface area (Å²) in [5, 5.41) is 13.6. The van der Waals surface area contributed by atoms with Crippen LogP contribution < -0.4 is 5.32 Å². The highest BCUT2D eigenvalue weighted by atomic mass is 16.3. The molecule has 37 heavy (non-hydrogen) atoms. The van der Waals surface area contributed by atoms with Crippen molar-refractivity contribution in [2.45, 2.75) is 110 Å². The van der Waals surface area contributed by atoms with E-state index in [0.717, 1.165) is 73.0 Å². The summed E-state index contributed by atoms with van der Waals surface area (Å²) in [6, 6.07) is 0. The van der Waals surface area contributed by atoms with E-state index in [9.17, 15) is 9.90 Å². The molecule has 4 nitrogen and oxygen atoms in total. The number of rotatable bonds is 9. The minimum atomic E-state index is -0.0487.